The molecule has 1 aliphatic rings. The summed E-state index contributed by atoms with van der Waals surface area (Å²) in [5.74, 6) is 0. The van der Waals surface area contributed by atoms with E-state index in [-0.39, 0.29) is 20.1 Å². The molecule has 0 spiro atoms. The number of pyridine rings is 2. The number of benzene rings is 2. The second kappa shape index (κ2) is 11.3. The highest BCUT2D eigenvalue weighted by Gasteiger charge is 2.26. The Morgan fingerprint density at radius 2 is 1.16 bits per heavy atom. The highest BCUT2D eigenvalue weighted by atomic mass is 35.7. The largest absolute Gasteiger partial charge is 0.379 e. The van der Waals surface area contributed by atoms with Crippen LogP contribution in [0.1, 0.15) is 0 Å². The molecule has 0 bridgehead atoms. The van der Waals surface area contributed by atoms with Gasteiger partial charge in [-0.3, -0.25) is 0 Å². The Hall–Kier alpha value is -1.47. The van der Waals surface area contributed by atoms with Gasteiger partial charge in [0.2, 0.25) is 10.0 Å². The highest BCUT2D eigenvalue weighted by Crippen LogP contribution is 2.32. The van der Waals surface area contributed by atoms with Crippen molar-refractivity contribution in [1.82, 2.24) is 14.3 Å². The number of aromatic nitrogens is 2. The molecule has 2 aromatic carbocycles. The first-order valence-corrected chi connectivity index (χ1v) is 15.7. The Balaban J connectivity index is 0.000000180. The first-order chi connectivity index (χ1) is 17.4. The molecule has 0 N–H and O–H groups in total. The minimum Gasteiger partial charge on any atom is -0.379 e. The number of nitrogens with zero attached hydrogens (tertiary/aromatic N) is 3. The molecule has 196 valence electrons. The summed E-state index contributed by atoms with van der Waals surface area (Å²) in [4.78, 5) is 7.92. The van der Waals surface area contributed by atoms with E-state index in [0.717, 1.165) is 0 Å². The van der Waals surface area contributed by atoms with Crippen molar-refractivity contribution < 1.29 is 21.6 Å². The lowest BCUT2D eigenvalue weighted by Gasteiger charge is -2.26. The molecule has 4 aromatic rings. The van der Waals surface area contributed by atoms with E-state index in [1.165, 1.54) is 41.0 Å². The smallest absolute Gasteiger partial charge is 0.261 e. The lowest BCUT2D eigenvalue weighted by Crippen LogP contribution is -2.40. The van der Waals surface area contributed by atoms with Gasteiger partial charge in [-0.15, -0.1) is 0 Å². The molecule has 0 atom stereocenters. The zero-order valence-corrected chi connectivity index (χ0v) is 23.9. The van der Waals surface area contributed by atoms with Crippen molar-refractivity contribution in [1.29, 1.82) is 0 Å². The van der Waals surface area contributed by atoms with E-state index in [0.29, 0.717) is 57.9 Å². The summed E-state index contributed by atoms with van der Waals surface area (Å²) in [7, 11) is -2.11. The van der Waals surface area contributed by atoms with Crippen LogP contribution < -0.4 is 0 Å². The van der Waals surface area contributed by atoms with Gasteiger partial charge >= 0.3 is 0 Å². The zero-order valence-electron chi connectivity index (χ0n) is 18.5. The van der Waals surface area contributed by atoms with Gasteiger partial charge in [0, 0.05) is 57.7 Å². The molecule has 0 aliphatic carbocycles. The van der Waals surface area contributed by atoms with Crippen LogP contribution in [0.5, 0.6) is 0 Å². The number of fused-ring (bicyclic) bond motifs is 2. The Labute approximate surface area is 237 Å². The van der Waals surface area contributed by atoms with E-state index in [4.69, 9.17) is 61.8 Å². The van der Waals surface area contributed by atoms with E-state index < -0.39 is 19.1 Å². The van der Waals surface area contributed by atoms with Crippen LogP contribution in [-0.4, -0.2) is 57.4 Å². The maximum Gasteiger partial charge on any atom is 0.261 e. The topological polar surface area (TPSA) is 107 Å². The van der Waals surface area contributed by atoms with Gasteiger partial charge in [-0.05, 0) is 24.3 Å². The fraction of sp³-hybridized carbons (Fsp3) is 0.182. The second-order valence-electron chi connectivity index (χ2n) is 7.66. The van der Waals surface area contributed by atoms with Gasteiger partial charge in [0.1, 0.15) is 10.3 Å². The molecule has 37 heavy (non-hydrogen) atoms. The minimum absolute atomic E-state index is 0.0346. The number of morpholine rings is 1. The number of halogens is 5. The number of ether oxygens (including phenoxy) is 1. The summed E-state index contributed by atoms with van der Waals surface area (Å²) in [6, 6.07) is 8.96. The first-order valence-electron chi connectivity index (χ1n) is 10.4. The van der Waals surface area contributed by atoms with Gasteiger partial charge in [0.15, 0.2) is 0 Å². The maximum atomic E-state index is 12.6. The minimum atomic E-state index is -3.78. The lowest BCUT2D eigenvalue weighted by molar-refractivity contribution is 0.0730. The summed E-state index contributed by atoms with van der Waals surface area (Å²) in [5, 5.41) is 3.54. The molecule has 0 amide bonds. The van der Waals surface area contributed by atoms with Crippen molar-refractivity contribution >= 4 is 97.7 Å². The molecule has 1 saturated heterocycles. The molecule has 3 heterocycles. The van der Waals surface area contributed by atoms with Crippen LogP contribution in [0, 0.1) is 0 Å². The quantitative estimate of drug-likeness (QED) is 0.198. The number of hydrogen-bond acceptors (Lipinski definition) is 7. The van der Waals surface area contributed by atoms with Crippen molar-refractivity contribution in [3.05, 3.63) is 69.1 Å². The first kappa shape index (κ1) is 28.5. The van der Waals surface area contributed by atoms with Crippen LogP contribution in [0.25, 0.3) is 21.5 Å². The zero-order chi connectivity index (χ0) is 27.0. The summed E-state index contributed by atoms with van der Waals surface area (Å²) < 4.78 is 54.1. The molecule has 0 radical (unpaired) electrons. The van der Waals surface area contributed by atoms with E-state index in [1.54, 1.807) is 12.1 Å². The molecule has 5 rings (SSSR count). The van der Waals surface area contributed by atoms with Crippen molar-refractivity contribution in [2.75, 3.05) is 26.3 Å². The van der Waals surface area contributed by atoms with Crippen molar-refractivity contribution in [3.8, 4) is 0 Å². The Kier molecular flexibility index (Phi) is 8.74. The average molecular weight is 644 g/mol. The average Bonchev–Trinajstić information content (AvgIpc) is 2.88. The van der Waals surface area contributed by atoms with E-state index in [1.807, 2.05) is 0 Å². The third kappa shape index (κ3) is 6.24. The Morgan fingerprint density at radius 3 is 1.65 bits per heavy atom. The third-order valence-corrected chi connectivity index (χ3v) is 9.86. The van der Waals surface area contributed by atoms with Crippen LogP contribution in [0.3, 0.4) is 0 Å². The van der Waals surface area contributed by atoms with Crippen LogP contribution in [-0.2, 0) is 23.8 Å². The fourth-order valence-electron chi connectivity index (χ4n) is 3.56. The van der Waals surface area contributed by atoms with Crippen molar-refractivity contribution in [2.24, 2.45) is 0 Å². The van der Waals surface area contributed by atoms with E-state index >= 15 is 0 Å². The molecule has 1 fully saturated rings. The van der Waals surface area contributed by atoms with Crippen molar-refractivity contribution in [3.63, 3.8) is 0 Å². The molecule has 15 heteroatoms. The lowest BCUT2D eigenvalue weighted by atomic mass is 10.2. The summed E-state index contributed by atoms with van der Waals surface area (Å²) in [6.45, 7) is 1.51. The maximum absolute atomic E-state index is 12.6. The Bertz CT molecular complexity index is 1710. The normalized spacial score (nSPS) is 14.9. The standard InChI is InChI=1S/C13H12Cl2N2O3S.C9H4Cl3NO2S/c14-12-8-16-13(15)11-7-9(1-2-10(11)12)21(18,19)17-3-5-20-6-4-17;10-8-4-13-9(11)7-3-5(16(12,14)15)1-2-6(7)8/h1-2,7-8H,3-6H2;1-4H. The van der Waals surface area contributed by atoms with E-state index in [2.05, 4.69) is 9.97 Å². The molecule has 2 aromatic heterocycles. The molecular formula is C22H16Cl5N3O5S2. The van der Waals surface area contributed by atoms with Gasteiger partial charge in [-0.1, -0.05) is 58.5 Å². The number of sulfonamides is 1. The van der Waals surface area contributed by atoms with Crippen molar-refractivity contribution in [2.45, 2.75) is 9.79 Å². The number of rotatable bonds is 3. The van der Waals surface area contributed by atoms with Crippen LogP contribution >= 0.6 is 57.1 Å². The van der Waals surface area contributed by atoms with Gasteiger partial charge < -0.3 is 4.74 Å². The van der Waals surface area contributed by atoms with Gasteiger partial charge in [0.05, 0.1) is 33.0 Å². The third-order valence-electron chi connectivity index (χ3n) is 5.41. The molecule has 0 unspecified atom stereocenters. The highest BCUT2D eigenvalue weighted by molar-refractivity contribution is 8.13. The summed E-state index contributed by atoms with van der Waals surface area (Å²) >= 11 is 23.8. The van der Waals surface area contributed by atoms with Crippen LogP contribution in [0.15, 0.2) is 58.6 Å². The number of hydrogen-bond donors (Lipinski definition) is 0. The molecule has 0 saturated carbocycles. The molecular weight excluding hydrogens is 628 g/mol. The molecule has 8 nitrogen and oxygen atoms in total. The van der Waals surface area contributed by atoms with Gasteiger partial charge in [-0.2, -0.15) is 4.31 Å². The predicted molar refractivity (Wildman–Crippen MR) is 146 cm³/mol. The fourth-order valence-corrected chi connectivity index (χ4v) is 6.61. The van der Waals surface area contributed by atoms with E-state index in [9.17, 15) is 16.8 Å². The second-order valence-corrected chi connectivity index (χ2v) is 13.7. The monoisotopic (exact) mass is 641 g/mol. The van der Waals surface area contributed by atoms with Crippen LogP contribution in [0.4, 0.5) is 0 Å². The summed E-state index contributed by atoms with van der Waals surface area (Å²) in [6.07, 6.45) is 2.85. The summed E-state index contributed by atoms with van der Waals surface area (Å²) in [5.41, 5.74) is 0. The van der Waals surface area contributed by atoms with Gasteiger partial charge in [0.25, 0.3) is 9.05 Å². The van der Waals surface area contributed by atoms with Crippen LogP contribution in [0.2, 0.25) is 20.4 Å². The predicted octanol–water partition coefficient (Wildman–Crippen LogP) is 6.03. The molecule has 1 aliphatic heterocycles. The Morgan fingerprint density at radius 1 is 0.703 bits per heavy atom. The van der Waals surface area contributed by atoms with Gasteiger partial charge in [-0.25, -0.2) is 26.8 Å². The SMILES string of the molecule is O=S(=O)(Cl)c1ccc2c(Cl)cnc(Cl)c2c1.O=S(=O)(c1ccc2c(Cl)cnc(Cl)c2c1)N1CCOCC1.